The van der Waals surface area contributed by atoms with E-state index in [9.17, 15) is 9.18 Å². The van der Waals surface area contributed by atoms with Gasteiger partial charge >= 0.3 is 0 Å². The highest BCUT2D eigenvalue weighted by Crippen LogP contribution is 2.16. The van der Waals surface area contributed by atoms with Crippen LogP contribution in [0.15, 0.2) is 28.8 Å². The maximum atomic E-state index is 12.8. The van der Waals surface area contributed by atoms with E-state index in [1.165, 1.54) is 12.1 Å². The molecule has 0 bridgehead atoms. The van der Waals surface area contributed by atoms with Gasteiger partial charge in [0.2, 0.25) is 0 Å². The normalized spacial score (nSPS) is 12.2. The van der Waals surface area contributed by atoms with Gasteiger partial charge in [0.05, 0.1) is 11.7 Å². The van der Waals surface area contributed by atoms with Gasteiger partial charge in [0.15, 0.2) is 0 Å². The Morgan fingerprint density at radius 1 is 1.32 bits per heavy atom. The van der Waals surface area contributed by atoms with E-state index in [1.807, 2.05) is 6.92 Å². The van der Waals surface area contributed by atoms with Gasteiger partial charge in [-0.25, -0.2) is 4.39 Å². The Kier molecular flexibility index (Phi) is 3.64. The highest BCUT2D eigenvalue weighted by Gasteiger charge is 2.19. The van der Waals surface area contributed by atoms with Crippen molar-refractivity contribution < 1.29 is 13.7 Å². The monoisotopic (exact) mass is 262 g/mol. The maximum Gasteiger partial charge on any atom is 0.257 e. The molecule has 0 aliphatic rings. The lowest BCUT2D eigenvalue weighted by Gasteiger charge is -2.14. The summed E-state index contributed by atoms with van der Waals surface area (Å²) in [6, 6.07) is 5.81. The lowest BCUT2D eigenvalue weighted by atomic mass is 10.1. The molecule has 0 unspecified atom stereocenters. The zero-order chi connectivity index (χ0) is 14.0. The molecule has 0 aliphatic heterocycles. The van der Waals surface area contributed by atoms with E-state index in [0.717, 1.165) is 5.56 Å². The topological polar surface area (TPSA) is 55.1 Å². The number of hydrogen-bond donors (Lipinski definition) is 1. The van der Waals surface area contributed by atoms with Crippen molar-refractivity contribution in [1.29, 1.82) is 0 Å². The molecule has 0 radical (unpaired) electrons. The second kappa shape index (κ2) is 5.22. The molecule has 1 aromatic carbocycles. The van der Waals surface area contributed by atoms with Crippen molar-refractivity contribution in [3.05, 3.63) is 52.7 Å². The molecule has 4 nitrogen and oxygen atoms in total. The molecular formula is C14H15FN2O2. The molecule has 1 N–H and O–H groups in total. The van der Waals surface area contributed by atoms with Gasteiger partial charge in [-0.3, -0.25) is 4.79 Å². The number of hydrogen-bond acceptors (Lipinski definition) is 3. The van der Waals surface area contributed by atoms with Crippen LogP contribution in [0.3, 0.4) is 0 Å². The Hall–Kier alpha value is -2.17. The highest BCUT2D eigenvalue weighted by molar-refractivity contribution is 5.96. The van der Waals surface area contributed by atoms with E-state index in [4.69, 9.17) is 4.52 Å². The van der Waals surface area contributed by atoms with E-state index in [2.05, 4.69) is 10.5 Å². The minimum absolute atomic E-state index is 0.221. The Balaban J connectivity index is 2.13. The average molecular weight is 262 g/mol. The van der Waals surface area contributed by atoms with Crippen molar-refractivity contribution in [3.63, 3.8) is 0 Å². The fourth-order valence-corrected chi connectivity index (χ4v) is 1.91. The largest absolute Gasteiger partial charge is 0.361 e. The molecule has 19 heavy (non-hydrogen) atoms. The number of carbonyl (C=O) groups is 1. The van der Waals surface area contributed by atoms with E-state index < -0.39 is 0 Å². The summed E-state index contributed by atoms with van der Waals surface area (Å²) in [6.45, 7) is 5.24. The van der Waals surface area contributed by atoms with Gasteiger partial charge in [-0.05, 0) is 38.5 Å². The van der Waals surface area contributed by atoms with Gasteiger partial charge < -0.3 is 9.84 Å². The SMILES string of the molecule is Cc1noc(C)c1C(=O)N[C@@H](C)c1ccc(F)cc1. The second-order valence-electron chi connectivity index (χ2n) is 4.45. The third-order valence-corrected chi connectivity index (χ3v) is 2.98. The zero-order valence-corrected chi connectivity index (χ0v) is 11.0. The highest BCUT2D eigenvalue weighted by atomic mass is 19.1. The summed E-state index contributed by atoms with van der Waals surface area (Å²) in [5, 5.41) is 6.58. The zero-order valence-electron chi connectivity index (χ0n) is 11.0. The van der Waals surface area contributed by atoms with Crippen LogP contribution >= 0.6 is 0 Å². The lowest BCUT2D eigenvalue weighted by Crippen LogP contribution is -2.27. The van der Waals surface area contributed by atoms with E-state index in [0.29, 0.717) is 17.0 Å². The number of benzene rings is 1. The Labute approximate surface area is 110 Å². The molecule has 100 valence electrons. The summed E-state index contributed by atoms with van der Waals surface area (Å²) >= 11 is 0. The number of carbonyl (C=O) groups excluding carboxylic acids is 1. The van der Waals surface area contributed by atoms with Gasteiger partial charge in [-0.1, -0.05) is 17.3 Å². The van der Waals surface area contributed by atoms with Gasteiger partial charge in [0.25, 0.3) is 5.91 Å². The van der Waals surface area contributed by atoms with Gasteiger partial charge in [0, 0.05) is 0 Å². The van der Waals surface area contributed by atoms with Crippen LogP contribution in [0.2, 0.25) is 0 Å². The summed E-state index contributed by atoms with van der Waals surface area (Å²) in [4.78, 5) is 12.1. The third kappa shape index (κ3) is 2.81. The number of nitrogens with zero attached hydrogens (tertiary/aromatic N) is 1. The van der Waals surface area contributed by atoms with Crippen LogP contribution in [0.5, 0.6) is 0 Å². The molecule has 1 amide bonds. The average Bonchev–Trinajstić information content (AvgIpc) is 2.69. The quantitative estimate of drug-likeness (QED) is 0.925. The predicted molar refractivity (Wildman–Crippen MR) is 68.3 cm³/mol. The van der Waals surface area contributed by atoms with Crippen LogP contribution in [0.25, 0.3) is 0 Å². The fraction of sp³-hybridized carbons (Fsp3) is 0.286. The molecule has 0 saturated heterocycles. The van der Waals surface area contributed by atoms with Crippen molar-refractivity contribution >= 4 is 5.91 Å². The number of nitrogens with one attached hydrogen (secondary N) is 1. The molecular weight excluding hydrogens is 247 g/mol. The van der Waals surface area contributed by atoms with Gasteiger partial charge in [-0.2, -0.15) is 0 Å². The predicted octanol–water partition coefficient (Wildman–Crippen LogP) is 2.92. The molecule has 1 atom stereocenters. The van der Waals surface area contributed by atoms with Crippen LogP contribution in [0.4, 0.5) is 4.39 Å². The molecule has 0 saturated carbocycles. The van der Waals surface area contributed by atoms with E-state index in [-0.39, 0.29) is 17.8 Å². The summed E-state index contributed by atoms with van der Waals surface area (Å²) in [5.74, 6) is -0.0534. The Morgan fingerprint density at radius 2 is 1.95 bits per heavy atom. The molecule has 0 fully saturated rings. The molecule has 2 rings (SSSR count). The smallest absolute Gasteiger partial charge is 0.257 e. The Bertz CT molecular complexity index is 570. The lowest BCUT2D eigenvalue weighted by molar-refractivity contribution is 0.0938. The van der Waals surface area contributed by atoms with Crippen molar-refractivity contribution in [2.75, 3.05) is 0 Å². The van der Waals surface area contributed by atoms with E-state index in [1.54, 1.807) is 26.0 Å². The number of rotatable bonds is 3. The minimum Gasteiger partial charge on any atom is -0.361 e. The minimum atomic E-state index is -0.298. The van der Waals surface area contributed by atoms with Gasteiger partial charge in [0.1, 0.15) is 17.1 Å². The second-order valence-corrected chi connectivity index (χ2v) is 4.45. The maximum absolute atomic E-state index is 12.8. The molecule has 1 aromatic heterocycles. The number of aryl methyl sites for hydroxylation is 2. The molecule has 2 aromatic rings. The molecule has 1 heterocycles. The van der Waals surface area contributed by atoms with Crippen LogP contribution in [0, 0.1) is 19.7 Å². The molecule has 5 heteroatoms. The number of amides is 1. The first-order valence-corrected chi connectivity index (χ1v) is 5.98. The van der Waals surface area contributed by atoms with Crippen molar-refractivity contribution in [3.8, 4) is 0 Å². The fourth-order valence-electron chi connectivity index (χ4n) is 1.91. The van der Waals surface area contributed by atoms with Crippen LogP contribution in [-0.4, -0.2) is 11.1 Å². The summed E-state index contributed by atoms with van der Waals surface area (Å²) in [7, 11) is 0. The molecule has 0 aliphatic carbocycles. The van der Waals surface area contributed by atoms with Crippen LogP contribution < -0.4 is 5.32 Å². The van der Waals surface area contributed by atoms with E-state index >= 15 is 0 Å². The summed E-state index contributed by atoms with van der Waals surface area (Å²) in [5.41, 5.74) is 1.84. The number of halogens is 1. The standard InChI is InChI=1S/C14H15FN2O2/c1-8(11-4-6-12(15)7-5-11)16-14(18)13-9(2)17-19-10(13)3/h4-8H,1-3H3,(H,16,18)/t8-/m0/s1. The van der Waals surface area contributed by atoms with Crippen molar-refractivity contribution in [1.82, 2.24) is 10.5 Å². The first-order valence-electron chi connectivity index (χ1n) is 5.98. The van der Waals surface area contributed by atoms with Crippen LogP contribution in [0.1, 0.15) is 40.3 Å². The first kappa shape index (κ1) is 13.3. The summed E-state index contributed by atoms with van der Waals surface area (Å²) in [6.07, 6.45) is 0. The van der Waals surface area contributed by atoms with Crippen molar-refractivity contribution in [2.24, 2.45) is 0 Å². The Morgan fingerprint density at radius 3 is 2.47 bits per heavy atom. The first-order chi connectivity index (χ1) is 8.99. The van der Waals surface area contributed by atoms with Crippen LogP contribution in [-0.2, 0) is 0 Å². The van der Waals surface area contributed by atoms with Gasteiger partial charge in [-0.15, -0.1) is 0 Å². The number of aromatic nitrogens is 1. The molecule has 0 spiro atoms. The van der Waals surface area contributed by atoms with Crippen molar-refractivity contribution in [2.45, 2.75) is 26.8 Å². The third-order valence-electron chi connectivity index (χ3n) is 2.98. The summed E-state index contributed by atoms with van der Waals surface area (Å²) < 4.78 is 17.8.